The molecule has 0 aliphatic rings. The predicted octanol–water partition coefficient (Wildman–Crippen LogP) is 5.52. The summed E-state index contributed by atoms with van der Waals surface area (Å²) in [5.74, 6) is 0. The third-order valence-corrected chi connectivity index (χ3v) is 9.88. The highest BCUT2D eigenvalue weighted by Gasteiger charge is 2.34. The van der Waals surface area contributed by atoms with Crippen molar-refractivity contribution in [2.75, 3.05) is 26.8 Å². The highest BCUT2D eigenvalue weighted by molar-refractivity contribution is 6.76. The summed E-state index contributed by atoms with van der Waals surface area (Å²) in [7, 11) is -2.39. The van der Waals surface area contributed by atoms with Gasteiger partial charge in [0.1, 0.15) is 25.8 Å². The molecule has 0 aromatic heterocycles. The highest BCUT2D eigenvalue weighted by atomic mass is 28.3. The van der Waals surface area contributed by atoms with E-state index in [4.69, 9.17) is 30.4 Å². The summed E-state index contributed by atoms with van der Waals surface area (Å²) in [5.41, 5.74) is 15.9. The number of hydrogen-bond acceptors (Lipinski definition) is 6. The van der Waals surface area contributed by atoms with Gasteiger partial charge in [-0.15, -0.1) is 0 Å². The Labute approximate surface area is 233 Å². The van der Waals surface area contributed by atoms with E-state index in [0.29, 0.717) is 26.1 Å². The van der Waals surface area contributed by atoms with Crippen molar-refractivity contribution in [1.29, 1.82) is 0 Å². The van der Waals surface area contributed by atoms with Gasteiger partial charge in [-0.25, -0.2) is 0 Å². The minimum absolute atomic E-state index is 0.159. The van der Waals surface area contributed by atoms with E-state index in [-0.39, 0.29) is 25.7 Å². The first-order valence-electron chi connectivity index (χ1n) is 13.9. The van der Waals surface area contributed by atoms with Crippen LogP contribution in [-0.2, 0) is 31.8 Å². The van der Waals surface area contributed by atoms with E-state index in [9.17, 15) is 0 Å². The second-order valence-corrected chi connectivity index (χ2v) is 23.9. The maximum atomic E-state index is 6.81. The van der Waals surface area contributed by atoms with Gasteiger partial charge >= 0.3 is 0 Å². The average Bonchev–Trinajstić information content (AvgIpc) is 2.84. The number of ether oxygens (including phenoxy) is 4. The number of rotatable bonds is 19. The van der Waals surface area contributed by atoms with Gasteiger partial charge < -0.3 is 30.4 Å². The van der Waals surface area contributed by atoms with Crippen LogP contribution in [-0.4, -0.2) is 67.2 Å². The molecule has 0 aliphatic heterocycles. The molecule has 2 aromatic carbocycles. The third-order valence-electron chi connectivity index (χ3n) is 6.48. The first kappa shape index (κ1) is 32.8. The van der Waals surface area contributed by atoms with Crippen molar-refractivity contribution in [3.05, 3.63) is 71.8 Å². The molecule has 0 aliphatic carbocycles. The largest absolute Gasteiger partial charge is 0.356 e. The summed E-state index contributed by atoms with van der Waals surface area (Å²) in [6.45, 7) is 15.7. The molecular formula is C30H52N2O4Si2. The number of benzene rings is 2. The van der Waals surface area contributed by atoms with Gasteiger partial charge in [0.15, 0.2) is 0 Å². The molecule has 0 bridgehead atoms. The quantitative estimate of drug-likeness (QED) is 0.134. The lowest BCUT2D eigenvalue weighted by Crippen LogP contribution is -2.55. The summed E-state index contributed by atoms with van der Waals surface area (Å²) < 4.78 is 24.5. The summed E-state index contributed by atoms with van der Waals surface area (Å²) in [6.07, 6.45) is 0.381. The Kier molecular flexibility index (Phi) is 14.4. The van der Waals surface area contributed by atoms with E-state index in [1.807, 2.05) is 36.4 Å². The molecular weight excluding hydrogens is 509 g/mol. The zero-order valence-corrected chi connectivity index (χ0v) is 26.5. The molecule has 0 spiro atoms. The normalized spacial score (nSPS) is 15.7. The zero-order chi connectivity index (χ0) is 28.0. The lowest BCUT2D eigenvalue weighted by molar-refractivity contribution is -0.176. The van der Waals surface area contributed by atoms with Crippen LogP contribution in [0.4, 0.5) is 0 Å². The van der Waals surface area contributed by atoms with Crippen molar-refractivity contribution >= 4 is 16.1 Å². The lowest BCUT2D eigenvalue weighted by atomic mass is 9.92. The molecule has 214 valence electrons. The summed E-state index contributed by atoms with van der Waals surface area (Å²) in [4.78, 5) is 0. The summed E-state index contributed by atoms with van der Waals surface area (Å²) in [5, 5.41) is 0. The molecule has 0 amide bonds. The fourth-order valence-electron chi connectivity index (χ4n) is 4.06. The van der Waals surface area contributed by atoms with Crippen LogP contribution in [0.2, 0.25) is 51.4 Å². The average molecular weight is 561 g/mol. The van der Waals surface area contributed by atoms with Crippen molar-refractivity contribution < 1.29 is 18.9 Å². The van der Waals surface area contributed by atoms with E-state index >= 15 is 0 Å². The van der Waals surface area contributed by atoms with Gasteiger partial charge in [-0.3, -0.25) is 0 Å². The standard InChI is InChI=1S/C30H52N2O4Si2/c1-37(2,3)19-17-33-23-35-29(27(31)21-25-13-9-7-10-14-25)30(36-24-34-18-20-38(4,5)6)28(32)22-26-15-11-8-12-16-26/h7-16,27-30H,17-24,31-32H2,1-6H3/t27-,28-,29+,30+/m1/s1. The van der Waals surface area contributed by atoms with Crippen LogP contribution in [0, 0.1) is 0 Å². The molecule has 6 nitrogen and oxygen atoms in total. The first-order valence-corrected chi connectivity index (χ1v) is 21.3. The van der Waals surface area contributed by atoms with Gasteiger partial charge in [0.2, 0.25) is 0 Å². The second kappa shape index (κ2) is 16.7. The molecule has 0 saturated carbocycles. The van der Waals surface area contributed by atoms with Gasteiger partial charge in [-0.05, 0) is 36.1 Å². The van der Waals surface area contributed by atoms with E-state index in [1.54, 1.807) is 0 Å². The Morgan fingerprint density at radius 3 is 1.24 bits per heavy atom. The van der Waals surface area contributed by atoms with Crippen LogP contribution in [0.3, 0.4) is 0 Å². The molecule has 0 unspecified atom stereocenters. The van der Waals surface area contributed by atoms with Crippen molar-refractivity contribution in [2.45, 2.75) is 88.5 Å². The summed E-state index contributed by atoms with van der Waals surface area (Å²) in [6, 6.07) is 22.0. The van der Waals surface area contributed by atoms with E-state index in [1.165, 1.54) is 0 Å². The molecule has 0 radical (unpaired) electrons. The van der Waals surface area contributed by atoms with Gasteiger partial charge in [0, 0.05) is 41.4 Å². The molecule has 4 atom stereocenters. The Hall–Kier alpha value is -1.37. The molecule has 0 saturated heterocycles. The van der Waals surface area contributed by atoms with E-state index in [2.05, 4.69) is 63.5 Å². The fraction of sp³-hybridized carbons (Fsp3) is 0.600. The van der Waals surface area contributed by atoms with Gasteiger partial charge in [0.25, 0.3) is 0 Å². The van der Waals surface area contributed by atoms with Crippen molar-refractivity contribution in [3.8, 4) is 0 Å². The monoisotopic (exact) mass is 560 g/mol. The van der Waals surface area contributed by atoms with E-state index in [0.717, 1.165) is 23.2 Å². The fourth-order valence-corrected chi connectivity index (χ4v) is 5.57. The maximum Gasteiger partial charge on any atom is 0.147 e. The van der Waals surface area contributed by atoms with Crippen molar-refractivity contribution in [1.82, 2.24) is 0 Å². The lowest BCUT2D eigenvalue weighted by Gasteiger charge is -2.35. The Morgan fingerprint density at radius 2 is 0.921 bits per heavy atom. The maximum absolute atomic E-state index is 6.81. The van der Waals surface area contributed by atoms with Crippen LogP contribution in [0.25, 0.3) is 0 Å². The molecule has 2 aromatic rings. The first-order chi connectivity index (χ1) is 17.9. The Balaban J connectivity index is 2.16. The minimum Gasteiger partial charge on any atom is -0.356 e. The predicted molar refractivity (Wildman–Crippen MR) is 164 cm³/mol. The van der Waals surface area contributed by atoms with Crippen LogP contribution < -0.4 is 11.5 Å². The molecule has 38 heavy (non-hydrogen) atoms. The molecule has 4 N–H and O–H groups in total. The number of hydrogen-bond donors (Lipinski definition) is 2. The van der Waals surface area contributed by atoms with Gasteiger partial charge in [0.05, 0.1) is 0 Å². The topological polar surface area (TPSA) is 89.0 Å². The molecule has 8 heteroatoms. The van der Waals surface area contributed by atoms with Crippen molar-refractivity contribution in [2.24, 2.45) is 11.5 Å². The van der Waals surface area contributed by atoms with Crippen LogP contribution in [0.1, 0.15) is 11.1 Å². The molecule has 0 heterocycles. The van der Waals surface area contributed by atoms with Crippen LogP contribution in [0.5, 0.6) is 0 Å². The SMILES string of the molecule is C[Si](C)(C)CCOCO[C@H]([C@@H](OCOCC[Si](C)(C)C)[C@H](N)Cc1ccccc1)[C@H](N)Cc1ccccc1. The smallest absolute Gasteiger partial charge is 0.147 e. The van der Waals surface area contributed by atoms with Crippen molar-refractivity contribution in [3.63, 3.8) is 0 Å². The molecule has 0 fully saturated rings. The van der Waals surface area contributed by atoms with Gasteiger partial charge in [-0.1, -0.05) is 99.9 Å². The van der Waals surface area contributed by atoms with Gasteiger partial charge in [-0.2, -0.15) is 0 Å². The number of nitrogens with two attached hydrogens (primary N) is 2. The zero-order valence-electron chi connectivity index (χ0n) is 24.5. The highest BCUT2D eigenvalue weighted by Crippen LogP contribution is 2.19. The summed E-state index contributed by atoms with van der Waals surface area (Å²) >= 11 is 0. The Bertz CT molecular complexity index is 802. The van der Waals surface area contributed by atoms with Crippen LogP contribution >= 0.6 is 0 Å². The van der Waals surface area contributed by atoms with Crippen LogP contribution in [0.15, 0.2) is 60.7 Å². The minimum atomic E-state index is -1.19. The van der Waals surface area contributed by atoms with E-state index < -0.39 is 28.4 Å². The second-order valence-electron chi connectivity index (χ2n) is 12.6. The Morgan fingerprint density at radius 1 is 0.579 bits per heavy atom. The third kappa shape index (κ3) is 14.1. The molecule has 2 rings (SSSR count).